The molecule has 3 rings (SSSR count). The fourth-order valence-electron chi connectivity index (χ4n) is 2.50. The summed E-state index contributed by atoms with van der Waals surface area (Å²) in [4.78, 5) is 0.263. The summed E-state index contributed by atoms with van der Waals surface area (Å²) in [7, 11) is -3.61. The molecule has 0 saturated heterocycles. The predicted octanol–water partition coefficient (Wildman–Crippen LogP) is 2.03. The Bertz CT molecular complexity index is 730. The van der Waals surface area contributed by atoms with E-state index < -0.39 is 15.6 Å². The summed E-state index contributed by atoms with van der Waals surface area (Å²) in [5, 5.41) is 11.6. The average Bonchev–Trinajstić information content (AvgIpc) is 2.42. The number of hydrogen-bond donors (Lipinski definition) is 2. The van der Waals surface area contributed by atoms with Gasteiger partial charge in [0.25, 0.3) is 0 Å². The van der Waals surface area contributed by atoms with E-state index in [1.54, 1.807) is 18.2 Å². The van der Waals surface area contributed by atoms with Gasteiger partial charge in [0.05, 0.1) is 10.5 Å². The van der Waals surface area contributed by atoms with Crippen molar-refractivity contribution in [3.05, 3.63) is 42.5 Å². The summed E-state index contributed by atoms with van der Waals surface area (Å²) in [6.07, 6.45) is 2.27. The van der Waals surface area contributed by atoms with E-state index in [1.165, 1.54) is 0 Å². The van der Waals surface area contributed by atoms with Crippen molar-refractivity contribution in [2.24, 2.45) is 0 Å². The first-order chi connectivity index (χ1) is 9.50. The van der Waals surface area contributed by atoms with Crippen molar-refractivity contribution in [2.45, 2.75) is 29.8 Å². The zero-order chi connectivity index (χ0) is 14.2. The molecule has 20 heavy (non-hydrogen) atoms. The Hall–Kier alpha value is -1.43. The van der Waals surface area contributed by atoms with Gasteiger partial charge in [-0.15, -0.1) is 0 Å². The highest BCUT2D eigenvalue weighted by Crippen LogP contribution is 2.31. The highest BCUT2D eigenvalue weighted by molar-refractivity contribution is 7.89. The van der Waals surface area contributed by atoms with Crippen molar-refractivity contribution < 1.29 is 13.5 Å². The van der Waals surface area contributed by atoms with E-state index >= 15 is 0 Å². The minimum atomic E-state index is -3.61. The van der Waals surface area contributed by atoms with Crippen LogP contribution in [0, 0.1) is 0 Å². The van der Waals surface area contributed by atoms with Gasteiger partial charge in [0.15, 0.2) is 0 Å². The lowest BCUT2D eigenvalue weighted by molar-refractivity contribution is -0.0270. The molecule has 2 aromatic rings. The van der Waals surface area contributed by atoms with E-state index in [0.29, 0.717) is 18.2 Å². The fourth-order valence-corrected chi connectivity index (χ4v) is 3.85. The van der Waals surface area contributed by atoms with E-state index in [0.717, 1.165) is 11.8 Å². The van der Waals surface area contributed by atoms with Crippen LogP contribution < -0.4 is 4.72 Å². The lowest BCUT2D eigenvalue weighted by Gasteiger charge is -2.36. The van der Waals surface area contributed by atoms with Crippen LogP contribution in [-0.4, -0.2) is 25.7 Å². The highest BCUT2D eigenvalue weighted by atomic mass is 32.2. The number of sulfonamides is 1. The van der Waals surface area contributed by atoms with Gasteiger partial charge in [-0.2, -0.15) is 0 Å². The first kappa shape index (κ1) is 13.5. The molecule has 1 saturated carbocycles. The van der Waals surface area contributed by atoms with Gasteiger partial charge in [-0.3, -0.25) is 0 Å². The third-order valence-electron chi connectivity index (χ3n) is 3.91. The first-order valence-corrected chi connectivity index (χ1v) is 8.18. The van der Waals surface area contributed by atoms with Gasteiger partial charge < -0.3 is 5.11 Å². The summed E-state index contributed by atoms with van der Waals surface area (Å²) < 4.78 is 27.4. The molecule has 2 aromatic carbocycles. The summed E-state index contributed by atoms with van der Waals surface area (Å²) in [6.45, 7) is 0.0819. The van der Waals surface area contributed by atoms with E-state index in [9.17, 15) is 13.5 Å². The van der Waals surface area contributed by atoms with E-state index in [-0.39, 0.29) is 11.4 Å². The second-order valence-corrected chi connectivity index (χ2v) is 7.12. The van der Waals surface area contributed by atoms with Crippen LogP contribution in [0.25, 0.3) is 10.8 Å². The lowest BCUT2D eigenvalue weighted by Crippen LogP contribution is -2.47. The minimum Gasteiger partial charge on any atom is -0.389 e. The van der Waals surface area contributed by atoms with Crippen LogP contribution in [0.15, 0.2) is 47.4 Å². The number of aliphatic hydroxyl groups is 1. The van der Waals surface area contributed by atoms with E-state index in [4.69, 9.17) is 0 Å². The predicted molar refractivity (Wildman–Crippen MR) is 77.9 cm³/mol. The lowest BCUT2D eigenvalue weighted by atomic mass is 9.81. The molecule has 5 heteroatoms. The number of rotatable bonds is 4. The zero-order valence-corrected chi connectivity index (χ0v) is 11.9. The molecule has 0 atom stereocenters. The van der Waals surface area contributed by atoms with Crippen LogP contribution in [-0.2, 0) is 10.0 Å². The summed E-state index contributed by atoms with van der Waals surface area (Å²) in [5.41, 5.74) is -0.863. The summed E-state index contributed by atoms with van der Waals surface area (Å²) in [6, 6.07) is 12.6. The molecule has 0 heterocycles. The van der Waals surface area contributed by atoms with E-state index in [1.807, 2.05) is 24.3 Å². The van der Waals surface area contributed by atoms with Crippen LogP contribution >= 0.6 is 0 Å². The minimum absolute atomic E-state index is 0.0819. The van der Waals surface area contributed by atoms with Crippen molar-refractivity contribution in [2.75, 3.05) is 6.54 Å². The van der Waals surface area contributed by atoms with Gasteiger partial charge in [-0.1, -0.05) is 36.4 Å². The second kappa shape index (κ2) is 4.84. The van der Waals surface area contributed by atoms with Crippen molar-refractivity contribution >= 4 is 20.8 Å². The molecule has 1 aliphatic carbocycles. The molecule has 1 fully saturated rings. The maximum atomic E-state index is 12.4. The van der Waals surface area contributed by atoms with Gasteiger partial charge in [0, 0.05) is 11.9 Å². The monoisotopic (exact) mass is 291 g/mol. The molecule has 0 amide bonds. The molecule has 4 nitrogen and oxygen atoms in total. The SMILES string of the molecule is O=S(=O)(NCC1(O)CCC1)c1cccc2ccccc12. The zero-order valence-electron chi connectivity index (χ0n) is 11.0. The molecule has 0 aliphatic heterocycles. The molecule has 106 valence electrons. The Morgan fingerprint density at radius 2 is 1.80 bits per heavy atom. The fraction of sp³-hybridized carbons (Fsp3) is 0.333. The highest BCUT2D eigenvalue weighted by Gasteiger charge is 2.35. The quantitative estimate of drug-likeness (QED) is 0.906. The van der Waals surface area contributed by atoms with Crippen molar-refractivity contribution in [3.63, 3.8) is 0 Å². The average molecular weight is 291 g/mol. The molecule has 0 radical (unpaired) electrons. The Balaban J connectivity index is 1.93. The Morgan fingerprint density at radius 3 is 2.50 bits per heavy atom. The Kier molecular flexibility index (Phi) is 3.28. The van der Waals surface area contributed by atoms with Crippen molar-refractivity contribution in [3.8, 4) is 0 Å². The van der Waals surface area contributed by atoms with Gasteiger partial charge in [-0.05, 0) is 30.7 Å². The van der Waals surface area contributed by atoms with Gasteiger partial charge in [0.1, 0.15) is 0 Å². The molecule has 1 aliphatic rings. The van der Waals surface area contributed by atoms with Gasteiger partial charge >= 0.3 is 0 Å². The molecular weight excluding hydrogens is 274 g/mol. The number of benzene rings is 2. The third-order valence-corrected chi connectivity index (χ3v) is 5.37. The molecule has 2 N–H and O–H groups in total. The molecular formula is C15H17NO3S. The number of fused-ring (bicyclic) bond motifs is 1. The largest absolute Gasteiger partial charge is 0.389 e. The Labute approximate surface area is 118 Å². The molecule has 0 bridgehead atoms. The number of nitrogens with one attached hydrogen (secondary N) is 1. The second-order valence-electron chi connectivity index (χ2n) is 5.38. The van der Waals surface area contributed by atoms with Crippen molar-refractivity contribution in [1.82, 2.24) is 4.72 Å². The van der Waals surface area contributed by atoms with Crippen LogP contribution in [0.5, 0.6) is 0 Å². The molecule has 0 unspecified atom stereocenters. The van der Waals surface area contributed by atoms with Crippen LogP contribution in [0.4, 0.5) is 0 Å². The van der Waals surface area contributed by atoms with Crippen molar-refractivity contribution in [1.29, 1.82) is 0 Å². The first-order valence-electron chi connectivity index (χ1n) is 6.70. The van der Waals surface area contributed by atoms with Crippen LogP contribution in [0.3, 0.4) is 0 Å². The van der Waals surface area contributed by atoms with Gasteiger partial charge in [-0.25, -0.2) is 13.1 Å². The number of hydrogen-bond acceptors (Lipinski definition) is 3. The summed E-state index contributed by atoms with van der Waals surface area (Å²) in [5.74, 6) is 0. The summed E-state index contributed by atoms with van der Waals surface area (Å²) >= 11 is 0. The molecule has 0 aromatic heterocycles. The topological polar surface area (TPSA) is 66.4 Å². The maximum Gasteiger partial charge on any atom is 0.241 e. The normalized spacial score (nSPS) is 17.9. The smallest absolute Gasteiger partial charge is 0.241 e. The maximum absolute atomic E-state index is 12.4. The third kappa shape index (κ3) is 2.44. The van der Waals surface area contributed by atoms with Crippen LogP contribution in [0.1, 0.15) is 19.3 Å². The van der Waals surface area contributed by atoms with Crippen LogP contribution in [0.2, 0.25) is 0 Å². The standard InChI is InChI=1S/C15H17NO3S/c17-15(9-4-10-15)11-16-20(18,19)14-8-3-6-12-5-1-2-7-13(12)14/h1-3,5-8,16-17H,4,9-11H2. The molecule has 0 spiro atoms. The Morgan fingerprint density at radius 1 is 1.10 bits per heavy atom. The van der Waals surface area contributed by atoms with E-state index in [2.05, 4.69) is 4.72 Å². The van der Waals surface area contributed by atoms with Gasteiger partial charge in [0.2, 0.25) is 10.0 Å².